The molecule has 0 bridgehead atoms. The molecule has 8 nitrogen and oxygen atoms in total. The molecule has 1 aliphatic rings. The van der Waals surface area contributed by atoms with Crippen LogP contribution in [0.25, 0.3) is 0 Å². The molecule has 1 atom stereocenters. The van der Waals surface area contributed by atoms with Crippen molar-refractivity contribution in [3.8, 4) is 5.75 Å². The summed E-state index contributed by atoms with van der Waals surface area (Å²) < 4.78 is 50.3. The molecule has 0 aromatic heterocycles. The number of carbonyl (C=O) groups excluding carboxylic acids is 2. The molecular weight excluding hydrogens is 451 g/mol. The lowest BCUT2D eigenvalue weighted by molar-refractivity contribution is -0.151. The van der Waals surface area contributed by atoms with Gasteiger partial charge in [-0.3, -0.25) is 13.9 Å². The quantitative estimate of drug-likeness (QED) is 0.542. The monoisotopic (exact) mass is 478 g/mol. The Kier molecular flexibility index (Phi) is 7.91. The number of sulfonamides is 1. The average molecular weight is 479 g/mol. The van der Waals surface area contributed by atoms with Crippen LogP contribution < -0.4 is 9.04 Å². The van der Waals surface area contributed by atoms with Crippen LogP contribution in [0.15, 0.2) is 53.4 Å². The van der Waals surface area contributed by atoms with E-state index in [0.29, 0.717) is 37.6 Å². The van der Waals surface area contributed by atoms with E-state index >= 15 is 0 Å². The van der Waals surface area contributed by atoms with E-state index in [1.54, 1.807) is 36.1 Å². The van der Waals surface area contributed by atoms with Gasteiger partial charge >= 0.3 is 5.97 Å². The molecule has 0 spiro atoms. The van der Waals surface area contributed by atoms with Crippen LogP contribution in [0.1, 0.15) is 19.8 Å². The van der Waals surface area contributed by atoms with Crippen LogP contribution in [0.5, 0.6) is 5.75 Å². The lowest BCUT2D eigenvalue weighted by Crippen LogP contribution is -2.44. The van der Waals surface area contributed by atoms with Gasteiger partial charge in [0, 0.05) is 20.1 Å². The van der Waals surface area contributed by atoms with Gasteiger partial charge in [0.2, 0.25) is 0 Å². The molecule has 1 aliphatic heterocycles. The molecule has 33 heavy (non-hydrogen) atoms. The van der Waals surface area contributed by atoms with E-state index in [9.17, 15) is 22.4 Å². The van der Waals surface area contributed by atoms with Crippen molar-refractivity contribution in [1.82, 2.24) is 4.90 Å². The Bertz CT molecular complexity index is 1070. The topological polar surface area (TPSA) is 93.2 Å². The van der Waals surface area contributed by atoms with E-state index in [1.165, 1.54) is 19.2 Å². The zero-order valence-electron chi connectivity index (χ0n) is 18.6. The predicted octanol–water partition coefficient (Wildman–Crippen LogP) is 2.83. The third-order valence-corrected chi connectivity index (χ3v) is 7.23. The summed E-state index contributed by atoms with van der Waals surface area (Å²) in [6.45, 7) is 2.73. The molecule has 10 heteroatoms. The molecule has 0 radical (unpaired) electrons. The van der Waals surface area contributed by atoms with Crippen molar-refractivity contribution in [2.45, 2.75) is 24.7 Å². The summed E-state index contributed by atoms with van der Waals surface area (Å²) in [6.07, 6.45) is 1.41. The highest BCUT2D eigenvalue weighted by molar-refractivity contribution is 7.92. The van der Waals surface area contributed by atoms with Crippen molar-refractivity contribution >= 4 is 27.6 Å². The number of nitrogens with zero attached hydrogens (tertiary/aromatic N) is 2. The van der Waals surface area contributed by atoms with Gasteiger partial charge in [-0.1, -0.05) is 0 Å². The molecular formula is C23H27FN2O6S. The van der Waals surface area contributed by atoms with Gasteiger partial charge in [0.15, 0.2) is 6.61 Å². The minimum absolute atomic E-state index is 0.0278. The summed E-state index contributed by atoms with van der Waals surface area (Å²) >= 11 is 0. The highest BCUT2D eigenvalue weighted by Gasteiger charge is 2.29. The number of halogens is 1. The number of esters is 1. The van der Waals surface area contributed by atoms with Crippen molar-refractivity contribution in [3.05, 3.63) is 54.3 Å². The van der Waals surface area contributed by atoms with Crippen molar-refractivity contribution < 1.29 is 31.9 Å². The molecule has 3 rings (SSSR count). The maximum atomic E-state index is 13.1. The van der Waals surface area contributed by atoms with E-state index in [4.69, 9.17) is 9.47 Å². The first-order valence-electron chi connectivity index (χ1n) is 10.6. The minimum atomic E-state index is -3.85. The highest BCUT2D eigenvalue weighted by Crippen LogP contribution is 2.25. The SMILES string of the molecule is CCOC(=O)[C@H]1CCCN(C(=O)COc2ccc(N(C)S(=O)(=O)c3ccc(F)cc3)cc2)C1. The fourth-order valence-electron chi connectivity index (χ4n) is 3.55. The van der Waals surface area contributed by atoms with Crippen LogP contribution in [0, 0.1) is 11.7 Å². The third kappa shape index (κ3) is 6.01. The molecule has 2 aromatic carbocycles. The fourth-order valence-corrected chi connectivity index (χ4v) is 4.74. The number of benzene rings is 2. The summed E-state index contributed by atoms with van der Waals surface area (Å²) in [6, 6.07) is 10.8. The predicted molar refractivity (Wildman–Crippen MR) is 120 cm³/mol. The Morgan fingerprint density at radius 2 is 1.79 bits per heavy atom. The van der Waals surface area contributed by atoms with E-state index in [1.807, 2.05) is 0 Å². The van der Waals surface area contributed by atoms with Crippen LogP contribution in [-0.2, 0) is 24.3 Å². The van der Waals surface area contributed by atoms with E-state index in [-0.39, 0.29) is 29.3 Å². The Balaban J connectivity index is 1.57. The van der Waals surface area contributed by atoms with Gasteiger partial charge in [0.25, 0.3) is 15.9 Å². The van der Waals surface area contributed by atoms with Crippen molar-refractivity contribution in [3.63, 3.8) is 0 Å². The third-order valence-electron chi connectivity index (χ3n) is 5.43. The van der Waals surface area contributed by atoms with Gasteiger partial charge in [0.05, 0.1) is 23.1 Å². The number of hydrogen-bond donors (Lipinski definition) is 0. The molecule has 0 saturated carbocycles. The minimum Gasteiger partial charge on any atom is -0.484 e. The molecule has 1 heterocycles. The summed E-state index contributed by atoms with van der Waals surface area (Å²) in [5.41, 5.74) is 0.381. The number of ether oxygens (including phenoxy) is 2. The zero-order chi connectivity index (χ0) is 24.0. The maximum Gasteiger partial charge on any atom is 0.310 e. The van der Waals surface area contributed by atoms with Crippen LogP contribution in [0.2, 0.25) is 0 Å². The normalized spacial score (nSPS) is 16.2. The van der Waals surface area contributed by atoms with Crippen LogP contribution in [-0.4, -0.2) is 58.5 Å². The molecule has 1 amide bonds. The van der Waals surface area contributed by atoms with Crippen LogP contribution >= 0.6 is 0 Å². The van der Waals surface area contributed by atoms with Gasteiger partial charge in [-0.25, -0.2) is 12.8 Å². The van der Waals surface area contributed by atoms with Crippen molar-refractivity contribution in [2.24, 2.45) is 5.92 Å². The number of amides is 1. The second kappa shape index (κ2) is 10.7. The Morgan fingerprint density at radius 1 is 1.12 bits per heavy atom. The van der Waals surface area contributed by atoms with Crippen molar-refractivity contribution in [2.75, 3.05) is 37.7 Å². The number of anilines is 1. The number of piperidine rings is 1. The largest absolute Gasteiger partial charge is 0.484 e. The lowest BCUT2D eigenvalue weighted by atomic mass is 9.98. The highest BCUT2D eigenvalue weighted by atomic mass is 32.2. The molecule has 0 N–H and O–H groups in total. The van der Waals surface area contributed by atoms with Gasteiger partial charge in [-0.15, -0.1) is 0 Å². The summed E-state index contributed by atoms with van der Waals surface area (Å²) in [4.78, 5) is 26.0. The fraction of sp³-hybridized carbons (Fsp3) is 0.391. The van der Waals surface area contributed by atoms with Crippen molar-refractivity contribution in [1.29, 1.82) is 0 Å². The first kappa shape index (κ1) is 24.5. The average Bonchev–Trinajstić information content (AvgIpc) is 2.83. The lowest BCUT2D eigenvalue weighted by Gasteiger charge is -2.31. The Labute approximate surface area is 192 Å². The van der Waals surface area contributed by atoms with Gasteiger partial charge < -0.3 is 14.4 Å². The van der Waals surface area contributed by atoms with Crippen LogP contribution in [0.4, 0.5) is 10.1 Å². The summed E-state index contributed by atoms with van der Waals surface area (Å²) in [7, 11) is -2.45. The standard InChI is InChI=1S/C23H27FN2O6S/c1-3-31-23(28)17-5-4-14-26(15-17)22(27)16-32-20-10-8-19(9-11-20)25(2)33(29,30)21-12-6-18(24)7-13-21/h6-13,17H,3-5,14-16H2,1-2H3/t17-/m0/s1. The van der Waals surface area contributed by atoms with E-state index in [0.717, 1.165) is 22.9 Å². The number of rotatable bonds is 8. The smallest absolute Gasteiger partial charge is 0.310 e. The maximum absolute atomic E-state index is 13.1. The summed E-state index contributed by atoms with van der Waals surface area (Å²) in [5, 5.41) is 0. The number of hydrogen-bond acceptors (Lipinski definition) is 6. The number of likely N-dealkylation sites (tertiary alicyclic amines) is 1. The molecule has 1 fully saturated rings. The van der Waals surface area contributed by atoms with E-state index in [2.05, 4.69) is 0 Å². The molecule has 0 unspecified atom stereocenters. The Morgan fingerprint density at radius 3 is 2.42 bits per heavy atom. The Hall–Kier alpha value is -3.14. The van der Waals surface area contributed by atoms with Crippen LogP contribution in [0.3, 0.4) is 0 Å². The van der Waals surface area contributed by atoms with Gasteiger partial charge in [0.1, 0.15) is 11.6 Å². The summed E-state index contributed by atoms with van der Waals surface area (Å²) in [5.74, 6) is -0.955. The van der Waals surface area contributed by atoms with E-state index < -0.39 is 15.8 Å². The molecule has 2 aromatic rings. The first-order valence-corrected chi connectivity index (χ1v) is 12.1. The zero-order valence-corrected chi connectivity index (χ0v) is 19.4. The first-order chi connectivity index (χ1) is 15.7. The second-order valence-corrected chi connectivity index (χ2v) is 9.61. The molecule has 178 valence electrons. The molecule has 0 aliphatic carbocycles. The molecule has 1 saturated heterocycles. The number of carbonyl (C=O) groups is 2. The van der Waals surface area contributed by atoms with Gasteiger partial charge in [-0.05, 0) is 68.3 Å². The second-order valence-electron chi connectivity index (χ2n) is 7.64. The van der Waals surface area contributed by atoms with Gasteiger partial charge in [-0.2, -0.15) is 0 Å².